The molecule has 120 valence electrons. The molecule has 1 fully saturated rings. The van der Waals surface area contributed by atoms with Gasteiger partial charge in [0.15, 0.2) is 0 Å². The summed E-state index contributed by atoms with van der Waals surface area (Å²) in [5.74, 6) is -1.22. The van der Waals surface area contributed by atoms with Gasteiger partial charge in [-0.25, -0.2) is 4.39 Å². The van der Waals surface area contributed by atoms with Gasteiger partial charge in [0.25, 0.3) is 0 Å². The van der Waals surface area contributed by atoms with Crippen LogP contribution in [0.1, 0.15) is 25.0 Å². The molecule has 2 unspecified atom stereocenters. The number of nitrogens with zero attached hydrogens (tertiary/aromatic N) is 1. The minimum atomic E-state index is -4.65. The minimum Gasteiger partial charge on any atom is -0.311 e. The van der Waals surface area contributed by atoms with E-state index in [0.29, 0.717) is 18.2 Å². The molecule has 2 atom stereocenters. The van der Waals surface area contributed by atoms with Gasteiger partial charge in [0.1, 0.15) is 5.82 Å². The quantitative estimate of drug-likeness (QED) is 0.837. The summed E-state index contributed by atoms with van der Waals surface area (Å²) in [5.41, 5.74) is -0.703. The summed E-state index contributed by atoms with van der Waals surface area (Å²) in [6, 6.07) is 3.77. The lowest BCUT2D eigenvalue weighted by atomic mass is 10.1. The zero-order chi connectivity index (χ0) is 14.9. The van der Waals surface area contributed by atoms with E-state index in [4.69, 9.17) is 0 Å². The molecule has 0 spiro atoms. The van der Waals surface area contributed by atoms with Crippen molar-refractivity contribution in [2.24, 2.45) is 0 Å². The average Bonchev–Trinajstić information content (AvgIpc) is 2.35. The van der Waals surface area contributed by atoms with Gasteiger partial charge < -0.3 is 5.32 Å². The highest BCUT2D eigenvalue weighted by atomic mass is 35.5. The number of rotatable bonds is 2. The van der Waals surface area contributed by atoms with Crippen molar-refractivity contribution in [3.63, 3.8) is 0 Å². The molecular formula is C14H19ClF4N2. The molecule has 1 heterocycles. The number of alkyl halides is 3. The molecule has 1 saturated heterocycles. The molecular weight excluding hydrogens is 308 g/mol. The van der Waals surface area contributed by atoms with Gasteiger partial charge >= 0.3 is 6.18 Å². The van der Waals surface area contributed by atoms with Crippen LogP contribution in [0, 0.1) is 5.82 Å². The van der Waals surface area contributed by atoms with Crippen molar-refractivity contribution in [2.45, 2.75) is 38.7 Å². The first-order chi connectivity index (χ1) is 9.27. The van der Waals surface area contributed by atoms with Crippen LogP contribution in [0.15, 0.2) is 18.2 Å². The third-order valence-corrected chi connectivity index (χ3v) is 3.62. The standard InChI is InChI=1S/C14H18F4N2.ClH/c1-9-7-20(10(2)6-19-9)8-11-3-4-13(15)12(5-11)14(16,17)18;/h3-5,9-10,19H,6-8H2,1-2H3;1H. The molecule has 7 heteroatoms. The maximum absolute atomic E-state index is 13.2. The summed E-state index contributed by atoms with van der Waals surface area (Å²) in [7, 11) is 0. The maximum Gasteiger partial charge on any atom is 0.419 e. The Balaban J connectivity index is 0.00000220. The van der Waals surface area contributed by atoms with Gasteiger partial charge in [-0.05, 0) is 31.5 Å². The summed E-state index contributed by atoms with van der Waals surface area (Å²) in [4.78, 5) is 2.11. The van der Waals surface area contributed by atoms with Crippen LogP contribution in [0.5, 0.6) is 0 Å². The molecule has 1 aliphatic rings. The van der Waals surface area contributed by atoms with E-state index in [1.165, 1.54) is 6.07 Å². The second-order valence-electron chi connectivity index (χ2n) is 5.40. The van der Waals surface area contributed by atoms with Crippen molar-refractivity contribution < 1.29 is 17.6 Å². The number of hydrogen-bond acceptors (Lipinski definition) is 2. The Labute approximate surface area is 127 Å². The van der Waals surface area contributed by atoms with Gasteiger partial charge in [-0.1, -0.05) is 6.07 Å². The van der Waals surface area contributed by atoms with Crippen molar-refractivity contribution in [3.8, 4) is 0 Å². The third-order valence-electron chi connectivity index (χ3n) is 3.62. The van der Waals surface area contributed by atoms with Crippen LogP contribution in [0.25, 0.3) is 0 Å². The van der Waals surface area contributed by atoms with Gasteiger partial charge in [-0.2, -0.15) is 13.2 Å². The molecule has 21 heavy (non-hydrogen) atoms. The first kappa shape index (κ1) is 18.2. The Kier molecular flexibility index (Phi) is 6.01. The summed E-state index contributed by atoms with van der Waals surface area (Å²) in [5, 5.41) is 3.31. The van der Waals surface area contributed by atoms with E-state index in [9.17, 15) is 17.6 Å². The van der Waals surface area contributed by atoms with Crippen LogP contribution in [0.3, 0.4) is 0 Å². The fourth-order valence-corrected chi connectivity index (χ4v) is 2.44. The monoisotopic (exact) mass is 326 g/mol. The maximum atomic E-state index is 13.2. The molecule has 2 nitrogen and oxygen atoms in total. The van der Waals surface area contributed by atoms with Crippen molar-refractivity contribution >= 4 is 12.4 Å². The van der Waals surface area contributed by atoms with Gasteiger partial charge in [-0.3, -0.25) is 4.90 Å². The third kappa shape index (κ3) is 4.56. The van der Waals surface area contributed by atoms with Gasteiger partial charge in [0.05, 0.1) is 5.56 Å². The van der Waals surface area contributed by atoms with E-state index < -0.39 is 17.6 Å². The number of hydrogen-bond donors (Lipinski definition) is 1. The highest BCUT2D eigenvalue weighted by Gasteiger charge is 2.34. The van der Waals surface area contributed by atoms with Crippen molar-refractivity contribution in [1.29, 1.82) is 0 Å². The summed E-state index contributed by atoms with van der Waals surface area (Å²) in [6.45, 7) is 6.02. The number of halogens is 5. The van der Waals surface area contributed by atoms with Crippen LogP contribution in [0.4, 0.5) is 17.6 Å². The van der Waals surface area contributed by atoms with Crippen LogP contribution in [0.2, 0.25) is 0 Å². The van der Waals surface area contributed by atoms with Crippen LogP contribution in [-0.2, 0) is 12.7 Å². The Morgan fingerprint density at radius 3 is 2.57 bits per heavy atom. The molecule has 0 aromatic heterocycles. The van der Waals surface area contributed by atoms with Crippen molar-refractivity contribution in [1.82, 2.24) is 10.2 Å². The fraction of sp³-hybridized carbons (Fsp3) is 0.571. The fourth-order valence-electron chi connectivity index (χ4n) is 2.44. The molecule has 1 aromatic rings. The molecule has 1 N–H and O–H groups in total. The van der Waals surface area contributed by atoms with Crippen LogP contribution in [-0.4, -0.2) is 30.1 Å². The summed E-state index contributed by atoms with van der Waals surface area (Å²) < 4.78 is 51.3. The predicted molar refractivity (Wildman–Crippen MR) is 76.0 cm³/mol. The second-order valence-corrected chi connectivity index (χ2v) is 5.40. The van der Waals surface area contributed by atoms with Crippen molar-refractivity contribution in [3.05, 3.63) is 35.1 Å². The molecule has 1 aliphatic heterocycles. The first-order valence-electron chi connectivity index (χ1n) is 6.60. The van der Waals surface area contributed by atoms with Crippen LogP contribution >= 0.6 is 12.4 Å². The molecule has 0 amide bonds. The van der Waals surface area contributed by atoms with E-state index in [1.807, 2.05) is 13.8 Å². The van der Waals surface area contributed by atoms with Gasteiger partial charge in [-0.15, -0.1) is 12.4 Å². The van der Waals surface area contributed by atoms with E-state index >= 15 is 0 Å². The Hall–Kier alpha value is -0.850. The van der Waals surface area contributed by atoms with E-state index in [1.54, 1.807) is 0 Å². The van der Waals surface area contributed by atoms with Crippen LogP contribution < -0.4 is 5.32 Å². The molecule has 0 saturated carbocycles. The molecule has 1 aromatic carbocycles. The molecule has 0 bridgehead atoms. The predicted octanol–water partition coefficient (Wildman–Crippen LogP) is 3.45. The zero-order valence-corrected chi connectivity index (χ0v) is 12.7. The highest BCUT2D eigenvalue weighted by Crippen LogP contribution is 2.32. The highest BCUT2D eigenvalue weighted by molar-refractivity contribution is 5.85. The lowest BCUT2D eigenvalue weighted by Crippen LogP contribution is -2.53. The normalized spacial score (nSPS) is 23.7. The van der Waals surface area contributed by atoms with Crippen molar-refractivity contribution in [2.75, 3.05) is 13.1 Å². The first-order valence-corrected chi connectivity index (χ1v) is 6.60. The van der Waals surface area contributed by atoms with E-state index in [0.717, 1.165) is 25.2 Å². The zero-order valence-electron chi connectivity index (χ0n) is 11.9. The largest absolute Gasteiger partial charge is 0.419 e. The SMILES string of the molecule is CC1CN(Cc2ccc(F)c(C(F)(F)F)c2)C(C)CN1.Cl. The van der Waals surface area contributed by atoms with E-state index in [2.05, 4.69) is 10.2 Å². The number of piperazine rings is 1. The molecule has 2 rings (SSSR count). The lowest BCUT2D eigenvalue weighted by molar-refractivity contribution is -0.140. The lowest BCUT2D eigenvalue weighted by Gasteiger charge is -2.37. The number of benzene rings is 1. The Morgan fingerprint density at radius 1 is 1.29 bits per heavy atom. The van der Waals surface area contributed by atoms with E-state index in [-0.39, 0.29) is 18.4 Å². The summed E-state index contributed by atoms with van der Waals surface area (Å²) in [6.07, 6.45) is -4.65. The average molecular weight is 327 g/mol. The molecule has 0 aliphatic carbocycles. The van der Waals surface area contributed by atoms with Gasteiger partial charge in [0.2, 0.25) is 0 Å². The Bertz CT molecular complexity index is 479. The summed E-state index contributed by atoms with van der Waals surface area (Å²) >= 11 is 0. The van der Waals surface area contributed by atoms with Gasteiger partial charge in [0, 0.05) is 31.7 Å². The number of nitrogens with one attached hydrogen (secondary N) is 1. The smallest absolute Gasteiger partial charge is 0.311 e. The second kappa shape index (κ2) is 6.94. The minimum absolute atomic E-state index is 0. The molecule has 0 radical (unpaired) electrons. The topological polar surface area (TPSA) is 15.3 Å². The Morgan fingerprint density at radius 2 is 1.95 bits per heavy atom.